The SMILES string of the molecule is Cc1c(Cl)ccc2sc(N3CCN(CCNC(=O)CSc4ccc(F)cc4)CC3)nc12. The molecule has 1 aromatic heterocycles. The second kappa shape index (κ2) is 10.2. The number of hydrogen-bond donors (Lipinski definition) is 1. The van der Waals surface area contributed by atoms with Crippen LogP contribution in [0.5, 0.6) is 0 Å². The summed E-state index contributed by atoms with van der Waals surface area (Å²) in [5, 5.41) is 4.78. The molecule has 3 aromatic rings. The Morgan fingerprint density at radius 3 is 2.68 bits per heavy atom. The maximum atomic E-state index is 12.9. The van der Waals surface area contributed by atoms with Crippen molar-refractivity contribution < 1.29 is 9.18 Å². The lowest BCUT2D eigenvalue weighted by Crippen LogP contribution is -2.48. The van der Waals surface area contributed by atoms with Crippen molar-refractivity contribution in [1.29, 1.82) is 0 Å². The summed E-state index contributed by atoms with van der Waals surface area (Å²) in [5.41, 5.74) is 2.03. The smallest absolute Gasteiger partial charge is 0.230 e. The Morgan fingerprint density at radius 1 is 1.19 bits per heavy atom. The minimum atomic E-state index is -0.267. The first-order valence-corrected chi connectivity index (χ1v) is 12.4. The first-order chi connectivity index (χ1) is 15.0. The molecule has 1 fully saturated rings. The van der Waals surface area contributed by atoms with Crippen LogP contribution in [-0.4, -0.2) is 60.8 Å². The summed E-state index contributed by atoms with van der Waals surface area (Å²) < 4.78 is 14.1. The molecule has 4 rings (SSSR count). The predicted octanol–water partition coefficient (Wildman–Crippen LogP) is 4.43. The number of halogens is 2. The van der Waals surface area contributed by atoms with E-state index in [4.69, 9.17) is 16.6 Å². The number of thioether (sulfide) groups is 1. The van der Waals surface area contributed by atoms with Crippen molar-refractivity contribution in [3.05, 3.63) is 52.8 Å². The van der Waals surface area contributed by atoms with E-state index >= 15 is 0 Å². The number of benzene rings is 2. The van der Waals surface area contributed by atoms with Crippen LogP contribution in [0.15, 0.2) is 41.3 Å². The van der Waals surface area contributed by atoms with Gasteiger partial charge in [0.05, 0.1) is 16.0 Å². The number of rotatable bonds is 7. The zero-order valence-corrected chi connectivity index (χ0v) is 19.6. The summed E-state index contributed by atoms with van der Waals surface area (Å²) in [6.45, 7) is 7.18. The zero-order valence-electron chi connectivity index (χ0n) is 17.2. The number of aromatic nitrogens is 1. The first-order valence-electron chi connectivity index (χ1n) is 10.2. The maximum absolute atomic E-state index is 12.9. The van der Waals surface area contributed by atoms with Crippen molar-refractivity contribution >= 4 is 56.0 Å². The lowest BCUT2D eigenvalue weighted by Gasteiger charge is -2.34. The molecule has 1 aliphatic heterocycles. The Hall–Kier alpha value is -1.87. The number of thiazole rings is 1. The molecule has 1 amide bonds. The monoisotopic (exact) mass is 478 g/mol. The fourth-order valence-electron chi connectivity index (χ4n) is 3.47. The lowest BCUT2D eigenvalue weighted by molar-refractivity contribution is -0.118. The Morgan fingerprint density at radius 2 is 1.94 bits per heavy atom. The van der Waals surface area contributed by atoms with Gasteiger partial charge in [-0.25, -0.2) is 9.37 Å². The molecule has 0 radical (unpaired) electrons. The van der Waals surface area contributed by atoms with Crippen LogP contribution in [0.2, 0.25) is 5.02 Å². The standard InChI is InChI=1S/C22H24ClFN4OS2/c1-15-18(23)6-7-19-21(15)26-22(31-19)28-12-10-27(11-13-28)9-8-25-20(29)14-30-17-4-2-16(24)3-5-17/h2-7H,8-14H2,1H3,(H,25,29). The van der Waals surface area contributed by atoms with Gasteiger partial charge in [-0.05, 0) is 48.9 Å². The van der Waals surface area contributed by atoms with Crippen LogP contribution in [-0.2, 0) is 4.79 Å². The maximum Gasteiger partial charge on any atom is 0.230 e. The molecule has 2 aromatic carbocycles. The molecule has 0 saturated carbocycles. The van der Waals surface area contributed by atoms with Gasteiger partial charge >= 0.3 is 0 Å². The van der Waals surface area contributed by atoms with Crippen molar-refractivity contribution in [2.24, 2.45) is 0 Å². The van der Waals surface area contributed by atoms with Gasteiger partial charge in [-0.15, -0.1) is 11.8 Å². The first kappa shape index (κ1) is 22.3. The molecule has 0 aliphatic carbocycles. The molecule has 0 unspecified atom stereocenters. The van der Waals surface area contributed by atoms with E-state index in [0.29, 0.717) is 12.3 Å². The Bertz CT molecular complexity index is 1050. The molecule has 0 atom stereocenters. The van der Waals surface area contributed by atoms with E-state index in [-0.39, 0.29) is 11.7 Å². The van der Waals surface area contributed by atoms with Crippen molar-refractivity contribution in [2.75, 3.05) is 49.9 Å². The molecule has 0 bridgehead atoms. The van der Waals surface area contributed by atoms with Crippen LogP contribution < -0.4 is 10.2 Å². The van der Waals surface area contributed by atoms with Gasteiger partial charge in [-0.2, -0.15) is 0 Å². The minimum Gasteiger partial charge on any atom is -0.354 e. The number of amides is 1. The molecular formula is C22H24ClFN4OS2. The number of fused-ring (bicyclic) bond motifs is 1. The van der Waals surface area contributed by atoms with Gasteiger partial charge in [0.25, 0.3) is 0 Å². The summed E-state index contributed by atoms with van der Waals surface area (Å²) in [6.07, 6.45) is 0. The summed E-state index contributed by atoms with van der Waals surface area (Å²) in [4.78, 5) is 22.4. The van der Waals surface area contributed by atoms with Gasteiger partial charge in [0.2, 0.25) is 5.91 Å². The van der Waals surface area contributed by atoms with E-state index in [1.807, 2.05) is 19.1 Å². The molecule has 2 heterocycles. The number of hydrogen-bond acceptors (Lipinski definition) is 6. The molecular weight excluding hydrogens is 455 g/mol. The highest BCUT2D eigenvalue weighted by molar-refractivity contribution is 8.00. The Balaban J connectivity index is 1.19. The number of nitrogens with one attached hydrogen (secondary N) is 1. The van der Waals surface area contributed by atoms with Gasteiger partial charge < -0.3 is 10.2 Å². The number of carbonyl (C=O) groups excluding carboxylic acids is 1. The number of anilines is 1. The molecule has 1 aliphatic rings. The summed E-state index contributed by atoms with van der Waals surface area (Å²) in [5.74, 6) is 0.0634. The third-order valence-electron chi connectivity index (χ3n) is 5.31. The van der Waals surface area contributed by atoms with Crippen LogP contribution in [0, 0.1) is 12.7 Å². The molecule has 164 valence electrons. The number of aryl methyl sites for hydroxylation is 1. The topological polar surface area (TPSA) is 48.5 Å². The van der Waals surface area contributed by atoms with Gasteiger partial charge in [0, 0.05) is 49.2 Å². The van der Waals surface area contributed by atoms with E-state index in [2.05, 4.69) is 15.1 Å². The second-order valence-corrected chi connectivity index (χ2v) is 9.90. The lowest BCUT2D eigenvalue weighted by atomic mass is 10.2. The Kier molecular flexibility index (Phi) is 7.32. The Labute approximate surface area is 194 Å². The summed E-state index contributed by atoms with van der Waals surface area (Å²) in [7, 11) is 0. The fraction of sp³-hybridized carbons (Fsp3) is 0.364. The second-order valence-electron chi connectivity index (χ2n) is 7.44. The van der Waals surface area contributed by atoms with Crippen LogP contribution in [0.4, 0.5) is 9.52 Å². The highest BCUT2D eigenvalue weighted by Crippen LogP contribution is 2.33. The molecule has 1 saturated heterocycles. The summed E-state index contributed by atoms with van der Waals surface area (Å²) in [6, 6.07) is 10.2. The highest BCUT2D eigenvalue weighted by atomic mass is 35.5. The van der Waals surface area contributed by atoms with Crippen LogP contribution in [0.3, 0.4) is 0 Å². The van der Waals surface area contributed by atoms with Crippen molar-refractivity contribution in [3.63, 3.8) is 0 Å². The van der Waals surface area contributed by atoms with Gasteiger partial charge in [-0.1, -0.05) is 22.9 Å². The van der Waals surface area contributed by atoms with Crippen LogP contribution >= 0.6 is 34.7 Å². The average Bonchev–Trinajstić information content (AvgIpc) is 3.22. The van der Waals surface area contributed by atoms with Gasteiger partial charge in [0.15, 0.2) is 5.13 Å². The quantitative estimate of drug-likeness (QED) is 0.509. The van der Waals surface area contributed by atoms with E-state index in [0.717, 1.165) is 58.9 Å². The largest absolute Gasteiger partial charge is 0.354 e. The number of piperazine rings is 1. The minimum absolute atomic E-state index is 0.00327. The van der Waals surface area contributed by atoms with Crippen molar-refractivity contribution in [3.8, 4) is 0 Å². The molecule has 9 heteroatoms. The fourth-order valence-corrected chi connectivity index (χ4v) is 5.43. The molecule has 1 N–H and O–H groups in total. The number of nitrogens with zero attached hydrogens (tertiary/aromatic N) is 3. The normalized spacial score (nSPS) is 14.9. The predicted molar refractivity (Wildman–Crippen MR) is 128 cm³/mol. The zero-order chi connectivity index (χ0) is 21.8. The summed E-state index contributed by atoms with van der Waals surface area (Å²) >= 11 is 9.35. The van der Waals surface area contributed by atoms with E-state index in [1.54, 1.807) is 23.5 Å². The van der Waals surface area contributed by atoms with Crippen LogP contribution in [0.25, 0.3) is 10.2 Å². The van der Waals surface area contributed by atoms with E-state index in [9.17, 15) is 9.18 Å². The van der Waals surface area contributed by atoms with Crippen molar-refractivity contribution in [1.82, 2.24) is 15.2 Å². The van der Waals surface area contributed by atoms with Gasteiger partial charge in [0.1, 0.15) is 5.82 Å². The third kappa shape index (κ3) is 5.68. The van der Waals surface area contributed by atoms with Gasteiger partial charge in [-0.3, -0.25) is 9.69 Å². The van der Waals surface area contributed by atoms with E-state index < -0.39 is 0 Å². The average molecular weight is 479 g/mol. The van der Waals surface area contributed by atoms with E-state index in [1.165, 1.54) is 28.6 Å². The van der Waals surface area contributed by atoms with Crippen LogP contribution in [0.1, 0.15) is 5.56 Å². The highest BCUT2D eigenvalue weighted by Gasteiger charge is 2.20. The number of carbonyl (C=O) groups is 1. The molecule has 0 spiro atoms. The third-order valence-corrected chi connectivity index (χ3v) is 7.82. The van der Waals surface area contributed by atoms with Crippen molar-refractivity contribution in [2.45, 2.75) is 11.8 Å². The molecule has 31 heavy (non-hydrogen) atoms. The molecule has 5 nitrogen and oxygen atoms in total.